The van der Waals surface area contributed by atoms with Crippen molar-refractivity contribution in [1.29, 1.82) is 0 Å². The maximum atomic E-state index is 12.9. The van der Waals surface area contributed by atoms with Gasteiger partial charge in [0.2, 0.25) is 0 Å². The van der Waals surface area contributed by atoms with E-state index in [9.17, 15) is 4.57 Å². The van der Waals surface area contributed by atoms with Crippen LogP contribution in [-0.2, 0) is 4.57 Å². The van der Waals surface area contributed by atoms with Crippen LogP contribution in [0.15, 0.2) is 30.3 Å². The van der Waals surface area contributed by atoms with Gasteiger partial charge in [-0.3, -0.25) is 0 Å². The fourth-order valence-electron chi connectivity index (χ4n) is 1.99. The van der Waals surface area contributed by atoms with Gasteiger partial charge in [-0.2, -0.15) is 0 Å². The lowest BCUT2D eigenvalue weighted by Crippen LogP contribution is -2.23. The highest BCUT2D eigenvalue weighted by Crippen LogP contribution is 2.65. The van der Waals surface area contributed by atoms with Crippen LogP contribution in [0, 0.1) is 0 Å². The fourth-order valence-corrected chi connectivity index (χ4v) is 8.26. The first kappa shape index (κ1) is 11.9. The molecule has 1 aromatic carbocycles. The number of halogens is 2. The number of hydrogen-bond acceptors (Lipinski definition) is 1. The second kappa shape index (κ2) is 4.01. The third-order valence-electron chi connectivity index (χ3n) is 2.99. The molecule has 1 aliphatic rings. The molecule has 15 heavy (non-hydrogen) atoms. The molecule has 0 amide bonds. The Morgan fingerprint density at radius 2 is 2.00 bits per heavy atom. The Bertz CT molecular complexity index is 402. The maximum Gasteiger partial charge on any atom is 0.130 e. The Hall–Kier alpha value is 0.410. The molecule has 4 heteroatoms. The topological polar surface area (TPSA) is 17.1 Å². The summed E-state index contributed by atoms with van der Waals surface area (Å²) < 4.78 is 12.9. The monoisotopic (exact) mass is 350 g/mol. The highest BCUT2D eigenvalue weighted by molar-refractivity contribution is 9.13. The van der Waals surface area contributed by atoms with Crippen LogP contribution in [0.2, 0.25) is 0 Å². The SMILES string of the molecule is C[C@@]1(Br)CC[P@@](=O)(c2ccccc2)[C@@H]1Br. The molecule has 1 aliphatic heterocycles. The zero-order valence-electron chi connectivity index (χ0n) is 8.49. The summed E-state index contributed by atoms with van der Waals surface area (Å²) in [5.74, 6) is 0. The van der Waals surface area contributed by atoms with Gasteiger partial charge in [-0.1, -0.05) is 62.2 Å². The number of benzene rings is 1. The van der Waals surface area contributed by atoms with Crippen molar-refractivity contribution in [3.8, 4) is 0 Å². The van der Waals surface area contributed by atoms with Crippen molar-refractivity contribution in [2.45, 2.75) is 22.2 Å². The standard InChI is InChI=1S/C11H13Br2OP/c1-11(13)7-8-15(14,10(11)12)9-5-3-2-4-6-9/h2-6,10H,7-8H2,1H3/t10-,11+,15+/m0/s1. The van der Waals surface area contributed by atoms with E-state index in [-0.39, 0.29) is 8.89 Å². The molecule has 0 radical (unpaired) electrons. The van der Waals surface area contributed by atoms with Crippen LogP contribution in [0.4, 0.5) is 0 Å². The molecular weight excluding hydrogens is 339 g/mol. The van der Waals surface area contributed by atoms with Crippen molar-refractivity contribution in [2.75, 3.05) is 6.16 Å². The molecule has 3 atom stereocenters. The average molecular weight is 352 g/mol. The van der Waals surface area contributed by atoms with Crippen molar-refractivity contribution >= 4 is 44.3 Å². The highest BCUT2D eigenvalue weighted by Gasteiger charge is 2.50. The van der Waals surface area contributed by atoms with Crippen LogP contribution < -0.4 is 5.30 Å². The summed E-state index contributed by atoms with van der Waals surface area (Å²) in [6, 6.07) is 9.83. The lowest BCUT2D eigenvalue weighted by Gasteiger charge is -2.23. The Balaban J connectivity index is 2.42. The van der Waals surface area contributed by atoms with Gasteiger partial charge in [0.1, 0.15) is 7.14 Å². The first-order valence-electron chi connectivity index (χ1n) is 4.94. The normalized spacial score (nSPS) is 40.6. The van der Waals surface area contributed by atoms with Crippen molar-refractivity contribution in [3.05, 3.63) is 30.3 Å². The number of alkyl halides is 2. The Labute approximate surface area is 107 Å². The van der Waals surface area contributed by atoms with Crippen LogP contribution in [0.5, 0.6) is 0 Å². The van der Waals surface area contributed by atoms with Crippen molar-refractivity contribution in [1.82, 2.24) is 0 Å². The van der Waals surface area contributed by atoms with Crippen LogP contribution >= 0.6 is 39.0 Å². The lowest BCUT2D eigenvalue weighted by atomic mass is 10.2. The molecule has 1 fully saturated rings. The third-order valence-corrected chi connectivity index (χ3v) is 11.2. The molecule has 0 aromatic heterocycles. The highest BCUT2D eigenvalue weighted by atomic mass is 79.9. The summed E-state index contributed by atoms with van der Waals surface area (Å²) in [7, 11) is -2.27. The first-order chi connectivity index (χ1) is 6.97. The second-order valence-corrected chi connectivity index (χ2v) is 10.7. The van der Waals surface area contributed by atoms with Gasteiger partial charge < -0.3 is 4.57 Å². The predicted molar refractivity (Wildman–Crippen MR) is 73.2 cm³/mol. The van der Waals surface area contributed by atoms with Gasteiger partial charge in [-0.05, 0) is 13.3 Å². The van der Waals surface area contributed by atoms with E-state index < -0.39 is 7.14 Å². The Morgan fingerprint density at radius 1 is 1.40 bits per heavy atom. The van der Waals surface area contributed by atoms with Gasteiger partial charge in [0.25, 0.3) is 0 Å². The number of hydrogen-bond donors (Lipinski definition) is 0. The van der Waals surface area contributed by atoms with E-state index in [1.807, 2.05) is 30.3 Å². The molecule has 1 saturated heterocycles. The molecule has 1 heterocycles. The van der Waals surface area contributed by atoms with E-state index in [4.69, 9.17) is 0 Å². The summed E-state index contributed by atoms with van der Waals surface area (Å²) in [6.45, 7) is 2.11. The molecule has 0 saturated carbocycles. The summed E-state index contributed by atoms with van der Waals surface area (Å²) in [5, 5.41) is 0.995. The summed E-state index contributed by atoms with van der Waals surface area (Å²) in [4.78, 5) is 0. The van der Waals surface area contributed by atoms with Gasteiger partial charge in [-0.25, -0.2) is 0 Å². The van der Waals surface area contributed by atoms with Crippen molar-refractivity contribution in [3.63, 3.8) is 0 Å². The Morgan fingerprint density at radius 3 is 2.47 bits per heavy atom. The largest absolute Gasteiger partial charge is 0.317 e. The average Bonchev–Trinajstić information content (AvgIpc) is 2.45. The van der Waals surface area contributed by atoms with Gasteiger partial charge >= 0.3 is 0 Å². The van der Waals surface area contributed by atoms with Gasteiger partial charge in [0, 0.05) is 15.8 Å². The molecule has 82 valence electrons. The molecule has 2 rings (SSSR count). The minimum absolute atomic E-state index is 0.0416. The summed E-state index contributed by atoms with van der Waals surface area (Å²) in [6.07, 6.45) is 1.74. The minimum Gasteiger partial charge on any atom is -0.317 e. The van der Waals surface area contributed by atoms with Crippen LogP contribution in [0.3, 0.4) is 0 Å². The second-order valence-electron chi connectivity index (χ2n) is 4.22. The molecular formula is C11H13Br2OP. The first-order valence-corrected chi connectivity index (χ1v) is 8.61. The lowest BCUT2D eigenvalue weighted by molar-refractivity contribution is 0.583. The zero-order valence-corrected chi connectivity index (χ0v) is 12.6. The zero-order chi connectivity index (χ0) is 11.1. The fraction of sp³-hybridized carbons (Fsp3) is 0.455. The van der Waals surface area contributed by atoms with E-state index in [1.165, 1.54) is 0 Å². The van der Waals surface area contributed by atoms with Crippen LogP contribution in [0.25, 0.3) is 0 Å². The Kier molecular flexibility index (Phi) is 3.18. The van der Waals surface area contributed by atoms with Gasteiger partial charge in [-0.15, -0.1) is 0 Å². The van der Waals surface area contributed by atoms with Crippen LogP contribution in [-0.4, -0.2) is 15.1 Å². The van der Waals surface area contributed by atoms with E-state index in [0.29, 0.717) is 0 Å². The third kappa shape index (κ3) is 1.99. The van der Waals surface area contributed by atoms with E-state index in [2.05, 4.69) is 38.8 Å². The molecule has 0 spiro atoms. The van der Waals surface area contributed by atoms with Gasteiger partial charge in [0.05, 0.1) is 4.57 Å². The summed E-state index contributed by atoms with van der Waals surface area (Å²) in [5.41, 5.74) is 0. The number of rotatable bonds is 1. The van der Waals surface area contributed by atoms with E-state index >= 15 is 0 Å². The van der Waals surface area contributed by atoms with E-state index in [0.717, 1.165) is 17.9 Å². The predicted octanol–water partition coefficient (Wildman–Crippen LogP) is 3.95. The quantitative estimate of drug-likeness (QED) is 0.553. The minimum atomic E-state index is -2.27. The summed E-state index contributed by atoms with van der Waals surface area (Å²) >= 11 is 7.27. The molecule has 0 unspecified atom stereocenters. The molecule has 0 N–H and O–H groups in total. The van der Waals surface area contributed by atoms with Gasteiger partial charge in [0.15, 0.2) is 0 Å². The molecule has 0 bridgehead atoms. The maximum absolute atomic E-state index is 12.9. The molecule has 1 aromatic rings. The van der Waals surface area contributed by atoms with Crippen LogP contribution in [0.1, 0.15) is 13.3 Å². The molecule has 1 nitrogen and oxygen atoms in total. The smallest absolute Gasteiger partial charge is 0.130 e. The van der Waals surface area contributed by atoms with E-state index in [1.54, 1.807) is 0 Å². The van der Waals surface area contributed by atoms with Crippen molar-refractivity contribution < 1.29 is 4.57 Å². The molecule has 0 aliphatic carbocycles. The van der Waals surface area contributed by atoms with Crippen molar-refractivity contribution in [2.24, 2.45) is 0 Å².